The van der Waals surface area contributed by atoms with E-state index in [0.29, 0.717) is 11.6 Å². The minimum absolute atomic E-state index is 0.0851. The number of fused-ring (bicyclic) bond motifs is 1. The maximum absolute atomic E-state index is 12.0. The van der Waals surface area contributed by atoms with E-state index in [-0.39, 0.29) is 11.5 Å². The molecule has 1 aliphatic carbocycles. The second kappa shape index (κ2) is 3.95. The molecule has 0 spiro atoms. The standard InChI is InChI=1S/C15H14N2O/c1-3-9(2)10-8-11(10)14-15(18)17-13-7-5-4-6-12(13)16-14/h3-7,10-11H,1-2,8H2,(H,17,18). The van der Waals surface area contributed by atoms with Crippen molar-refractivity contribution in [3.63, 3.8) is 0 Å². The maximum Gasteiger partial charge on any atom is 0.270 e. The number of hydrogen-bond acceptors (Lipinski definition) is 2. The summed E-state index contributed by atoms with van der Waals surface area (Å²) < 4.78 is 0. The first-order chi connectivity index (χ1) is 8.70. The molecule has 0 radical (unpaired) electrons. The second-order valence-corrected chi connectivity index (χ2v) is 4.70. The summed E-state index contributed by atoms with van der Waals surface area (Å²) in [6.45, 7) is 7.66. The number of nitrogens with zero attached hydrogens (tertiary/aromatic N) is 1. The fourth-order valence-electron chi connectivity index (χ4n) is 2.35. The van der Waals surface area contributed by atoms with E-state index in [1.165, 1.54) is 0 Å². The largest absolute Gasteiger partial charge is 0.319 e. The highest BCUT2D eigenvalue weighted by Crippen LogP contribution is 2.50. The van der Waals surface area contributed by atoms with Crippen molar-refractivity contribution in [3.8, 4) is 0 Å². The zero-order valence-electron chi connectivity index (χ0n) is 10.0. The molecule has 1 aromatic carbocycles. The lowest BCUT2D eigenvalue weighted by Crippen LogP contribution is -2.14. The van der Waals surface area contributed by atoms with Gasteiger partial charge in [-0.3, -0.25) is 4.79 Å². The van der Waals surface area contributed by atoms with Crippen LogP contribution in [0, 0.1) is 5.92 Å². The molecule has 0 amide bonds. The van der Waals surface area contributed by atoms with E-state index in [9.17, 15) is 4.79 Å². The summed E-state index contributed by atoms with van der Waals surface area (Å²) >= 11 is 0. The summed E-state index contributed by atoms with van der Waals surface area (Å²) in [6.07, 6.45) is 2.71. The number of allylic oxidation sites excluding steroid dienone is 2. The Morgan fingerprint density at radius 1 is 1.44 bits per heavy atom. The van der Waals surface area contributed by atoms with Gasteiger partial charge < -0.3 is 4.98 Å². The molecule has 2 atom stereocenters. The van der Waals surface area contributed by atoms with Gasteiger partial charge in [0.25, 0.3) is 5.56 Å². The van der Waals surface area contributed by atoms with E-state index in [1.807, 2.05) is 24.3 Å². The Labute approximate surface area is 105 Å². The quantitative estimate of drug-likeness (QED) is 0.836. The molecule has 90 valence electrons. The van der Waals surface area contributed by atoms with Gasteiger partial charge in [0, 0.05) is 5.92 Å². The Kier molecular flexibility index (Phi) is 2.40. The van der Waals surface area contributed by atoms with Crippen LogP contribution in [-0.4, -0.2) is 9.97 Å². The zero-order chi connectivity index (χ0) is 12.7. The summed E-state index contributed by atoms with van der Waals surface area (Å²) in [5.74, 6) is 0.529. The van der Waals surface area contributed by atoms with E-state index in [1.54, 1.807) is 6.08 Å². The molecule has 2 aromatic rings. The van der Waals surface area contributed by atoms with Crippen LogP contribution in [0.15, 0.2) is 53.9 Å². The van der Waals surface area contributed by atoms with Crippen molar-refractivity contribution in [2.45, 2.75) is 12.3 Å². The number of rotatable bonds is 3. The molecule has 0 aliphatic heterocycles. The van der Waals surface area contributed by atoms with Gasteiger partial charge in [0.1, 0.15) is 5.69 Å². The average Bonchev–Trinajstić information content (AvgIpc) is 3.17. The van der Waals surface area contributed by atoms with Crippen molar-refractivity contribution < 1.29 is 0 Å². The van der Waals surface area contributed by atoms with Gasteiger partial charge in [-0.2, -0.15) is 0 Å². The highest BCUT2D eigenvalue weighted by Gasteiger charge is 2.42. The van der Waals surface area contributed by atoms with Gasteiger partial charge in [0.2, 0.25) is 0 Å². The number of H-pyrrole nitrogens is 1. The molecule has 1 saturated carbocycles. The number of hydrogen-bond donors (Lipinski definition) is 1. The van der Waals surface area contributed by atoms with Gasteiger partial charge in [-0.15, -0.1) is 0 Å². The van der Waals surface area contributed by atoms with Crippen molar-refractivity contribution in [2.75, 3.05) is 0 Å². The summed E-state index contributed by atoms with van der Waals surface area (Å²) in [6, 6.07) is 7.58. The molecule has 1 aliphatic rings. The van der Waals surface area contributed by atoms with Crippen molar-refractivity contribution in [1.29, 1.82) is 0 Å². The van der Waals surface area contributed by atoms with Crippen LogP contribution >= 0.6 is 0 Å². The number of aromatic nitrogens is 2. The average molecular weight is 238 g/mol. The molecule has 2 unspecified atom stereocenters. The zero-order valence-corrected chi connectivity index (χ0v) is 10.0. The molecule has 3 heteroatoms. The first kappa shape index (κ1) is 11.0. The molecule has 1 aromatic heterocycles. The van der Waals surface area contributed by atoms with Crippen molar-refractivity contribution in [3.05, 3.63) is 65.1 Å². The first-order valence-electron chi connectivity index (χ1n) is 6.01. The van der Waals surface area contributed by atoms with Crippen LogP contribution in [0.3, 0.4) is 0 Å². The molecule has 3 rings (SSSR count). The Hall–Kier alpha value is -2.16. The van der Waals surface area contributed by atoms with Crippen LogP contribution < -0.4 is 5.56 Å². The van der Waals surface area contributed by atoms with Gasteiger partial charge in [-0.1, -0.05) is 36.9 Å². The summed E-state index contributed by atoms with van der Waals surface area (Å²) in [7, 11) is 0. The molecule has 18 heavy (non-hydrogen) atoms. The topological polar surface area (TPSA) is 45.8 Å². The van der Waals surface area contributed by atoms with Crippen LogP contribution in [0.25, 0.3) is 11.0 Å². The normalized spacial score (nSPS) is 21.8. The Morgan fingerprint density at radius 3 is 3.00 bits per heavy atom. The van der Waals surface area contributed by atoms with Crippen LogP contribution in [0.5, 0.6) is 0 Å². The van der Waals surface area contributed by atoms with Crippen molar-refractivity contribution >= 4 is 11.0 Å². The maximum atomic E-state index is 12.0. The van der Waals surface area contributed by atoms with Gasteiger partial charge in [0.15, 0.2) is 0 Å². The summed E-state index contributed by atoms with van der Waals surface area (Å²) in [5, 5.41) is 0. The fourth-order valence-corrected chi connectivity index (χ4v) is 2.35. The lowest BCUT2D eigenvalue weighted by molar-refractivity contribution is 0.910. The third-order valence-electron chi connectivity index (χ3n) is 3.51. The Bertz CT molecular complexity index is 699. The minimum atomic E-state index is -0.0851. The SMILES string of the molecule is C=CC(=C)C1CC1c1nc2ccccc2[nH]c1=O. The number of para-hydroxylation sites is 2. The van der Waals surface area contributed by atoms with E-state index < -0.39 is 0 Å². The smallest absolute Gasteiger partial charge is 0.270 e. The highest BCUT2D eigenvalue weighted by atomic mass is 16.1. The Balaban J connectivity index is 2.04. The lowest BCUT2D eigenvalue weighted by Gasteiger charge is -2.02. The predicted molar refractivity (Wildman–Crippen MR) is 72.5 cm³/mol. The molecule has 0 bridgehead atoms. The number of benzene rings is 1. The van der Waals surface area contributed by atoms with Crippen LogP contribution in [0.2, 0.25) is 0 Å². The third kappa shape index (κ3) is 1.68. The molecular formula is C15H14N2O. The van der Waals surface area contributed by atoms with Crippen LogP contribution in [0.4, 0.5) is 0 Å². The molecule has 3 nitrogen and oxygen atoms in total. The van der Waals surface area contributed by atoms with E-state index in [4.69, 9.17) is 0 Å². The summed E-state index contributed by atoms with van der Waals surface area (Å²) in [5.41, 5.74) is 3.15. The first-order valence-corrected chi connectivity index (χ1v) is 6.01. The number of nitrogens with one attached hydrogen (secondary N) is 1. The molecule has 1 N–H and O–H groups in total. The van der Waals surface area contributed by atoms with E-state index in [0.717, 1.165) is 23.0 Å². The molecule has 0 saturated heterocycles. The van der Waals surface area contributed by atoms with Gasteiger partial charge >= 0.3 is 0 Å². The lowest BCUT2D eigenvalue weighted by atomic mass is 10.1. The predicted octanol–water partition coefficient (Wildman–Crippen LogP) is 2.77. The van der Waals surface area contributed by atoms with Crippen LogP contribution in [0.1, 0.15) is 18.0 Å². The van der Waals surface area contributed by atoms with Crippen LogP contribution in [-0.2, 0) is 0 Å². The van der Waals surface area contributed by atoms with Gasteiger partial charge in [-0.05, 0) is 24.5 Å². The molecule has 1 heterocycles. The van der Waals surface area contributed by atoms with Gasteiger partial charge in [-0.25, -0.2) is 4.98 Å². The van der Waals surface area contributed by atoms with Gasteiger partial charge in [0.05, 0.1) is 11.0 Å². The summed E-state index contributed by atoms with van der Waals surface area (Å²) in [4.78, 5) is 19.4. The van der Waals surface area contributed by atoms with E-state index in [2.05, 4.69) is 23.1 Å². The Morgan fingerprint density at radius 2 is 2.22 bits per heavy atom. The second-order valence-electron chi connectivity index (χ2n) is 4.70. The monoisotopic (exact) mass is 238 g/mol. The minimum Gasteiger partial charge on any atom is -0.319 e. The third-order valence-corrected chi connectivity index (χ3v) is 3.51. The van der Waals surface area contributed by atoms with Crippen molar-refractivity contribution in [2.24, 2.45) is 5.92 Å². The number of aromatic amines is 1. The molecular weight excluding hydrogens is 224 g/mol. The fraction of sp³-hybridized carbons (Fsp3) is 0.200. The van der Waals surface area contributed by atoms with E-state index >= 15 is 0 Å². The van der Waals surface area contributed by atoms with Crippen molar-refractivity contribution in [1.82, 2.24) is 9.97 Å². The molecule has 1 fully saturated rings. The highest BCUT2D eigenvalue weighted by molar-refractivity contribution is 5.73.